The lowest BCUT2D eigenvalue weighted by molar-refractivity contribution is 0.606. The summed E-state index contributed by atoms with van der Waals surface area (Å²) in [6, 6.07) is 7.81. The summed E-state index contributed by atoms with van der Waals surface area (Å²) in [5.41, 5.74) is 0.608. The minimum atomic E-state index is -3.44. The molecule has 0 bridgehead atoms. The van der Waals surface area contributed by atoms with Gasteiger partial charge in [-0.2, -0.15) is 10.5 Å². The quantitative estimate of drug-likeness (QED) is 0.856. The Morgan fingerprint density at radius 1 is 1.25 bits per heavy atom. The summed E-state index contributed by atoms with van der Waals surface area (Å²) in [5, 5.41) is 17.4. The first-order valence-corrected chi connectivity index (χ1v) is 6.80. The second-order valence-corrected chi connectivity index (χ2v) is 5.84. The maximum atomic E-state index is 11.2. The number of nitrogens with one attached hydrogen (secondary N) is 1. The Morgan fingerprint density at radius 2 is 1.88 bits per heavy atom. The molecule has 7 heteroatoms. The van der Waals surface area contributed by atoms with Gasteiger partial charge in [0, 0.05) is 5.69 Å². The SMILES string of the molecule is N#Cc1ccc(NS(=O)(=O)CBr)cc1C#N. The molecule has 0 aliphatic carbocycles. The van der Waals surface area contributed by atoms with E-state index in [2.05, 4.69) is 20.7 Å². The third-order valence-corrected chi connectivity index (χ3v) is 4.32. The van der Waals surface area contributed by atoms with E-state index in [0.717, 1.165) is 0 Å². The highest BCUT2D eigenvalue weighted by Crippen LogP contribution is 2.16. The highest BCUT2D eigenvalue weighted by molar-refractivity contribution is 9.10. The fraction of sp³-hybridized carbons (Fsp3) is 0.111. The molecule has 1 rings (SSSR count). The Kier molecular flexibility index (Phi) is 3.88. The number of halogens is 1. The molecule has 0 spiro atoms. The lowest BCUT2D eigenvalue weighted by Gasteiger charge is -2.05. The minimum Gasteiger partial charge on any atom is -0.283 e. The maximum Gasteiger partial charge on any atom is 0.242 e. The molecule has 82 valence electrons. The van der Waals surface area contributed by atoms with Gasteiger partial charge in [-0.15, -0.1) is 0 Å². The molecular formula is C9H6BrN3O2S. The van der Waals surface area contributed by atoms with E-state index in [4.69, 9.17) is 10.5 Å². The number of anilines is 1. The van der Waals surface area contributed by atoms with Gasteiger partial charge in [-0.3, -0.25) is 4.72 Å². The molecular weight excluding hydrogens is 294 g/mol. The van der Waals surface area contributed by atoms with E-state index in [-0.39, 0.29) is 21.5 Å². The fourth-order valence-electron chi connectivity index (χ4n) is 1.00. The summed E-state index contributed by atoms with van der Waals surface area (Å²) in [7, 11) is -3.44. The number of hydrogen-bond acceptors (Lipinski definition) is 4. The van der Waals surface area contributed by atoms with E-state index in [1.807, 2.05) is 12.1 Å². The van der Waals surface area contributed by atoms with Gasteiger partial charge in [0.2, 0.25) is 10.0 Å². The summed E-state index contributed by atoms with van der Waals surface area (Å²) in [4.78, 5) is 0. The predicted molar refractivity (Wildman–Crippen MR) is 62.2 cm³/mol. The third kappa shape index (κ3) is 2.96. The standard InChI is InChI=1S/C9H6BrN3O2S/c10-6-16(14,15)13-9-2-1-7(4-11)8(3-9)5-12/h1-3,13H,6H2. The summed E-state index contributed by atoms with van der Waals surface area (Å²) in [5.74, 6) is 0. The van der Waals surface area contributed by atoms with Crippen molar-refractivity contribution in [1.29, 1.82) is 10.5 Å². The number of nitriles is 2. The van der Waals surface area contributed by atoms with Gasteiger partial charge in [0.15, 0.2) is 0 Å². The first-order valence-electron chi connectivity index (χ1n) is 4.03. The molecule has 0 atom stereocenters. The molecule has 0 unspecified atom stereocenters. The van der Waals surface area contributed by atoms with Crippen LogP contribution < -0.4 is 4.72 Å². The average Bonchev–Trinajstić information content (AvgIpc) is 2.28. The molecule has 0 heterocycles. The van der Waals surface area contributed by atoms with Crippen LogP contribution in [0.25, 0.3) is 0 Å². The number of sulfonamides is 1. The van der Waals surface area contributed by atoms with Crippen LogP contribution >= 0.6 is 15.9 Å². The van der Waals surface area contributed by atoms with Crippen molar-refractivity contribution in [1.82, 2.24) is 0 Å². The third-order valence-electron chi connectivity index (χ3n) is 1.68. The molecule has 0 amide bonds. The summed E-state index contributed by atoms with van der Waals surface area (Å²) in [6.45, 7) is 0. The molecule has 5 nitrogen and oxygen atoms in total. The molecule has 16 heavy (non-hydrogen) atoms. The molecule has 0 aliphatic heterocycles. The van der Waals surface area contributed by atoms with Crippen LogP contribution in [-0.4, -0.2) is 13.1 Å². The second kappa shape index (κ2) is 4.97. The fourth-order valence-corrected chi connectivity index (χ4v) is 1.89. The summed E-state index contributed by atoms with van der Waals surface area (Å²) < 4.78 is 24.5. The van der Waals surface area contributed by atoms with Crippen LogP contribution in [0.5, 0.6) is 0 Å². The van der Waals surface area contributed by atoms with Crippen molar-refractivity contribution in [3.8, 4) is 12.1 Å². The Hall–Kier alpha value is -1.57. The van der Waals surface area contributed by atoms with Crippen LogP contribution in [-0.2, 0) is 10.0 Å². The molecule has 1 aromatic rings. The first-order chi connectivity index (χ1) is 7.52. The maximum absolute atomic E-state index is 11.2. The van der Waals surface area contributed by atoms with Crippen LogP contribution in [0.1, 0.15) is 11.1 Å². The molecule has 0 aromatic heterocycles. The molecule has 1 aromatic carbocycles. The molecule has 0 saturated heterocycles. The summed E-state index contributed by atoms with van der Waals surface area (Å²) in [6.07, 6.45) is 0. The van der Waals surface area contributed by atoms with Crippen LogP contribution in [0, 0.1) is 22.7 Å². The Morgan fingerprint density at radius 3 is 2.38 bits per heavy atom. The molecule has 1 N–H and O–H groups in total. The van der Waals surface area contributed by atoms with Crippen molar-refractivity contribution in [3.63, 3.8) is 0 Å². The highest BCUT2D eigenvalue weighted by Gasteiger charge is 2.09. The van der Waals surface area contributed by atoms with Crippen LogP contribution in [0.3, 0.4) is 0 Å². The van der Waals surface area contributed by atoms with Gasteiger partial charge < -0.3 is 0 Å². The van der Waals surface area contributed by atoms with E-state index in [0.29, 0.717) is 0 Å². The van der Waals surface area contributed by atoms with Gasteiger partial charge in [0.05, 0.1) is 11.1 Å². The number of rotatable bonds is 3. The predicted octanol–water partition coefficient (Wildman–Crippen LogP) is 1.52. The summed E-state index contributed by atoms with van der Waals surface area (Å²) >= 11 is 2.82. The van der Waals surface area contributed by atoms with E-state index < -0.39 is 10.0 Å². The Labute approximate surface area is 101 Å². The van der Waals surface area contributed by atoms with Crippen molar-refractivity contribution < 1.29 is 8.42 Å². The molecule has 0 aliphatic rings. The molecule has 0 fully saturated rings. The van der Waals surface area contributed by atoms with E-state index >= 15 is 0 Å². The number of nitrogens with zero attached hydrogens (tertiary/aromatic N) is 2. The van der Waals surface area contributed by atoms with Crippen LogP contribution in [0.4, 0.5) is 5.69 Å². The second-order valence-electron chi connectivity index (χ2n) is 2.81. The first kappa shape index (κ1) is 12.5. The van der Waals surface area contributed by atoms with E-state index in [1.54, 1.807) is 0 Å². The molecule has 0 saturated carbocycles. The zero-order valence-corrected chi connectivity index (χ0v) is 10.3. The Bertz CT molecular complexity index is 584. The minimum absolute atomic E-state index is 0.136. The van der Waals surface area contributed by atoms with Gasteiger partial charge in [-0.05, 0) is 18.2 Å². The zero-order valence-electron chi connectivity index (χ0n) is 7.94. The van der Waals surface area contributed by atoms with E-state index in [9.17, 15) is 8.42 Å². The van der Waals surface area contributed by atoms with Gasteiger partial charge in [0.25, 0.3) is 0 Å². The van der Waals surface area contributed by atoms with Crippen molar-refractivity contribution in [2.75, 3.05) is 9.38 Å². The lowest BCUT2D eigenvalue weighted by Crippen LogP contribution is -2.13. The number of hydrogen-bond donors (Lipinski definition) is 1. The van der Waals surface area contributed by atoms with Crippen molar-refractivity contribution >= 4 is 31.6 Å². The monoisotopic (exact) mass is 299 g/mol. The van der Waals surface area contributed by atoms with Gasteiger partial charge in [-0.25, -0.2) is 8.42 Å². The topological polar surface area (TPSA) is 93.8 Å². The average molecular weight is 300 g/mol. The van der Waals surface area contributed by atoms with Gasteiger partial charge in [-0.1, -0.05) is 15.9 Å². The largest absolute Gasteiger partial charge is 0.283 e. The van der Waals surface area contributed by atoms with Crippen molar-refractivity contribution in [2.24, 2.45) is 0 Å². The van der Waals surface area contributed by atoms with Crippen molar-refractivity contribution in [3.05, 3.63) is 29.3 Å². The van der Waals surface area contributed by atoms with Crippen LogP contribution in [0.15, 0.2) is 18.2 Å². The normalized spacial score (nSPS) is 10.2. The van der Waals surface area contributed by atoms with E-state index in [1.165, 1.54) is 18.2 Å². The Balaban J connectivity index is 3.13. The number of benzene rings is 1. The van der Waals surface area contributed by atoms with Crippen molar-refractivity contribution in [2.45, 2.75) is 0 Å². The lowest BCUT2D eigenvalue weighted by atomic mass is 10.1. The van der Waals surface area contributed by atoms with Crippen LogP contribution in [0.2, 0.25) is 0 Å². The van der Waals surface area contributed by atoms with Gasteiger partial charge >= 0.3 is 0 Å². The highest BCUT2D eigenvalue weighted by atomic mass is 79.9. The zero-order chi connectivity index (χ0) is 12.2. The van der Waals surface area contributed by atoms with Gasteiger partial charge in [0.1, 0.15) is 16.8 Å². The molecule has 0 radical (unpaired) electrons. The smallest absolute Gasteiger partial charge is 0.242 e. The number of alkyl halides is 1.